The summed E-state index contributed by atoms with van der Waals surface area (Å²) in [5.74, 6) is 0.725. The first-order chi connectivity index (χ1) is 7.84. The second-order valence-corrected chi connectivity index (χ2v) is 5.45. The van der Waals surface area contributed by atoms with Crippen LogP contribution in [0, 0.1) is 5.92 Å². The molecule has 1 saturated carbocycles. The van der Waals surface area contributed by atoms with Gasteiger partial charge in [-0.05, 0) is 31.6 Å². The molecule has 92 valence electrons. The second-order valence-electron chi connectivity index (χ2n) is 5.45. The molecule has 2 atom stereocenters. The van der Waals surface area contributed by atoms with Gasteiger partial charge in [-0.2, -0.15) is 0 Å². The van der Waals surface area contributed by atoms with Crippen LogP contribution in [0.5, 0.6) is 0 Å². The summed E-state index contributed by atoms with van der Waals surface area (Å²) in [6, 6.07) is 0.666. The first-order valence-corrected chi connectivity index (χ1v) is 6.68. The molecule has 4 heteroatoms. The van der Waals surface area contributed by atoms with E-state index in [0.29, 0.717) is 12.2 Å². The van der Waals surface area contributed by atoms with Crippen molar-refractivity contribution in [1.29, 1.82) is 0 Å². The van der Waals surface area contributed by atoms with E-state index >= 15 is 0 Å². The largest absolute Gasteiger partial charge is 0.313 e. The lowest BCUT2D eigenvalue weighted by Crippen LogP contribution is -2.54. The summed E-state index contributed by atoms with van der Waals surface area (Å²) in [7, 11) is 0. The summed E-state index contributed by atoms with van der Waals surface area (Å²) in [6.45, 7) is 4.42. The molecule has 2 aliphatic heterocycles. The van der Waals surface area contributed by atoms with Crippen molar-refractivity contribution >= 4 is 0 Å². The fourth-order valence-corrected chi connectivity index (χ4v) is 3.58. The average Bonchev–Trinajstić information content (AvgIpc) is 2.74. The number of piperazine rings is 1. The maximum Gasteiger partial charge on any atom is 0.100 e. The smallest absolute Gasteiger partial charge is 0.100 e. The van der Waals surface area contributed by atoms with Crippen LogP contribution in [0.4, 0.5) is 4.39 Å². The molecule has 0 amide bonds. The van der Waals surface area contributed by atoms with Gasteiger partial charge in [0.1, 0.15) is 6.17 Å². The number of rotatable bonds is 1. The van der Waals surface area contributed by atoms with Crippen molar-refractivity contribution in [3.8, 4) is 0 Å². The van der Waals surface area contributed by atoms with Gasteiger partial charge in [0.05, 0.1) is 6.17 Å². The number of halogens is 1. The Hall–Kier alpha value is -0.190. The summed E-state index contributed by atoms with van der Waals surface area (Å²) in [5.41, 5.74) is 0. The maximum atomic E-state index is 13.1. The van der Waals surface area contributed by atoms with Crippen molar-refractivity contribution < 1.29 is 4.39 Å². The van der Waals surface area contributed by atoms with Gasteiger partial charge in [0.15, 0.2) is 0 Å². The van der Waals surface area contributed by atoms with Crippen molar-refractivity contribution in [3.05, 3.63) is 0 Å². The molecular formula is C12H22FN3. The molecule has 1 aliphatic carbocycles. The summed E-state index contributed by atoms with van der Waals surface area (Å²) in [6.07, 6.45) is 3.76. The molecule has 0 aromatic carbocycles. The van der Waals surface area contributed by atoms with E-state index < -0.39 is 6.17 Å². The SMILES string of the molecule is FC1CCC(C2CNC3CNCCN32)CC1. The van der Waals surface area contributed by atoms with Gasteiger partial charge in [0.2, 0.25) is 0 Å². The monoisotopic (exact) mass is 227 g/mol. The van der Waals surface area contributed by atoms with Crippen LogP contribution < -0.4 is 10.6 Å². The summed E-state index contributed by atoms with van der Waals surface area (Å²) >= 11 is 0. The van der Waals surface area contributed by atoms with E-state index in [-0.39, 0.29) is 0 Å². The van der Waals surface area contributed by atoms with E-state index in [1.54, 1.807) is 0 Å². The molecule has 0 bridgehead atoms. The minimum absolute atomic E-state index is 0.524. The van der Waals surface area contributed by atoms with Gasteiger partial charge < -0.3 is 5.32 Å². The van der Waals surface area contributed by atoms with E-state index in [1.807, 2.05) is 0 Å². The molecule has 0 radical (unpaired) electrons. The first kappa shape index (κ1) is 10.9. The van der Waals surface area contributed by atoms with E-state index in [4.69, 9.17) is 0 Å². The molecule has 2 heterocycles. The predicted octanol–water partition coefficient (Wildman–Crippen LogP) is 0.718. The lowest BCUT2D eigenvalue weighted by Gasteiger charge is -2.38. The molecule has 2 saturated heterocycles. The van der Waals surface area contributed by atoms with Crippen LogP contribution >= 0.6 is 0 Å². The quantitative estimate of drug-likeness (QED) is 0.691. The highest BCUT2D eigenvalue weighted by Gasteiger charge is 2.39. The van der Waals surface area contributed by atoms with E-state index in [0.717, 1.165) is 57.8 Å². The third-order valence-corrected chi connectivity index (χ3v) is 4.52. The molecule has 2 N–H and O–H groups in total. The zero-order valence-corrected chi connectivity index (χ0v) is 9.79. The summed E-state index contributed by atoms with van der Waals surface area (Å²) < 4.78 is 13.1. The summed E-state index contributed by atoms with van der Waals surface area (Å²) in [4.78, 5) is 2.61. The molecule has 0 aromatic heterocycles. The van der Waals surface area contributed by atoms with Crippen molar-refractivity contribution in [2.45, 2.75) is 44.1 Å². The number of fused-ring (bicyclic) bond motifs is 1. The second kappa shape index (κ2) is 4.59. The minimum atomic E-state index is -0.524. The normalized spacial score (nSPS) is 45.6. The Morgan fingerprint density at radius 3 is 2.69 bits per heavy atom. The highest BCUT2D eigenvalue weighted by molar-refractivity contribution is 4.95. The molecule has 3 nitrogen and oxygen atoms in total. The lowest BCUT2D eigenvalue weighted by atomic mass is 9.82. The average molecular weight is 227 g/mol. The van der Waals surface area contributed by atoms with Crippen LogP contribution in [0.25, 0.3) is 0 Å². The Labute approximate surface area is 96.8 Å². The molecule has 16 heavy (non-hydrogen) atoms. The maximum absolute atomic E-state index is 13.1. The van der Waals surface area contributed by atoms with E-state index in [2.05, 4.69) is 15.5 Å². The Balaban J connectivity index is 1.62. The van der Waals surface area contributed by atoms with Gasteiger partial charge >= 0.3 is 0 Å². The standard InChI is InChI=1S/C12H22FN3/c13-10-3-1-9(2-4-10)11-7-15-12-8-14-5-6-16(11)12/h9-12,14-15H,1-8H2. The Kier molecular flexibility index (Phi) is 3.14. The van der Waals surface area contributed by atoms with Gasteiger partial charge in [0, 0.05) is 32.2 Å². The molecule has 0 aromatic rings. The van der Waals surface area contributed by atoms with Crippen molar-refractivity contribution in [3.63, 3.8) is 0 Å². The zero-order chi connectivity index (χ0) is 11.0. The zero-order valence-electron chi connectivity index (χ0n) is 9.79. The highest BCUT2D eigenvalue weighted by Crippen LogP contribution is 2.33. The van der Waals surface area contributed by atoms with Crippen LogP contribution in [-0.4, -0.2) is 49.5 Å². The van der Waals surface area contributed by atoms with E-state index in [1.165, 1.54) is 0 Å². The molecule has 3 fully saturated rings. The Morgan fingerprint density at radius 2 is 1.88 bits per heavy atom. The van der Waals surface area contributed by atoms with Gasteiger partial charge in [-0.15, -0.1) is 0 Å². The Bertz CT molecular complexity index is 240. The number of nitrogens with zero attached hydrogens (tertiary/aromatic N) is 1. The Morgan fingerprint density at radius 1 is 1.06 bits per heavy atom. The number of hydrogen-bond acceptors (Lipinski definition) is 3. The van der Waals surface area contributed by atoms with Crippen LogP contribution in [0.3, 0.4) is 0 Å². The van der Waals surface area contributed by atoms with Crippen molar-refractivity contribution in [2.24, 2.45) is 5.92 Å². The molecule has 3 rings (SSSR count). The van der Waals surface area contributed by atoms with Crippen molar-refractivity contribution in [1.82, 2.24) is 15.5 Å². The van der Waals surface area contributed by atoms with Crippen LogP contribution in [0.15, 0.2) is 0 Å². The van der Waals surface area contributed by atoms with Crippen LogP contribution in [-0.2, 0) is 0 Å². The van der Waals surface area contributed by atoms with Crippen molar-refractivity contribution in [2.75, 3.05) is 26.2 Å². The van der Waals surface area contributed by atoms with Gasteiger partial charge in [-0.3, -0.25) is 10.2 Å². The molecule has 3 aliphatic rings. The number of alkyl halides is 1. The van der Waals surface area contributed by atoms with Gasteiger partial charge in [0.25, 0.3) is 0 Å². The number of nitrogens with one attached hydrogen (secondary N) is 2. The van der Waals surface area contributed by atoms with Crippen LogP contribution in [0.2, 0.25) is 0 Å². The third kappa shape index (κ3) is 1.98. The fraction of sp³-hybridized carbons (Fsp3) is 1.00. The fourth-order valence-electron chi connectivity index (χ4n) is 3.58. The third-order valence-electron chi connectivity index (χ3n) is 4.52. The highest BCUT2D eigenvalue weighted by atomic mass is 19.1. The van der Waals surface area contributed by atoms with Crippen LogP contribution in [0.1, 0.15) is 25.7 Å². The molecular weight excluding hydrogens is 205 g/mol. The van der Waals surface area contributed by atoms with Gasteiger partial charge in [-0.1, -0.05) is 0 Å². The predicted molar refractivity (Wildman–Crippen MR) is 62.0 cm³/mol. The topological polar surface area (TPSA) is 27.3 Å². The van der Waals surface area contributed by atoms with E-state index in [9.17, 15) is 4.39 Å². The molecule has 2 unspecified atom stereocenters. The lowest BCUT2D eigenvalue weighted by molar-refractivity contribution is 0.0904. The minimum Gasteiger partial charge on any atom is -0.313 e. The first-order valence-electron chi connectivity index (χ1n) is 6.68. The molecule has 0 spiro atoms. The number of hydrogen-bond donors (Lipinski definition) is 2. The van der Waals surface area contributed by atoms with Gasteiger partial charge in [-0.25, -0.2) is 4.39 Å². The summed E-state index contributed by atoms with van der Waals surface area (Å²) in [5, 5.41) is 7.01.